The zero-order chi connectivity index (χ0) is 30.9. The summed E-state index contributed by atoms with van der Waals surface area (Å²) in [6, 6.07) is 0. The number of aliphatic hydroxyl groups is 2. The second kappa shape index (κ2) is 31.7. The maximum absolute atomic E-state index is 11.9. The molecular weight excluding hydrogens is 528 g/mol. The Morgan fingerprint density at radius 3 is 1.62 bits per heavy atom. The van der Waals surface area contributed by atoms with Crippen LogP contribution in [0.3, 0.4) is 0 Å². The molecule has 0 spiro atoms. The van der Waals surface area contributed by atoms with E-state index in [1.165, 1.54) is 32.1 Å². The van der Waals surface area contributed by atoms with E-state index in [4.69, 9.17) is 14.6 Å². The van der Waals surface area contributed by atoms with Crippen molar-refractivity contribution in [3.8, 4) is 0 Å². The second-order valence-electron chi connectivity index (χ2n) is 11.3. The SMILES string of the molecule is CCC(C)CCCCCCCCC(=O)OC[C@H](O)COC(=O)CCC/C=C\C/C=C\C/C=C\C/C=C\CCCCCO. The van der Waals surface area contributed by atoms with E-state index < -0.39 is 6.10 Å². The summed E-state index contributed by atoms with van der Waals surface area (Å²) in [4.78, 5) is 23.7. The fourth-order valence-corrected chi connectivity index (χ4v) is 4.21. The van der Waals surface area contributed by atoms with Crippen LogP contribution in [0.5, 0.6) is 0 Å². The molecule has 0 aliphatic carbocycles. The van der Waals surface area contributed by atoms with Gasteiger partial charge in [0.2, 0.25) is 0 Å². The van der Waals surface area contributed by atoms with Gasteiger partial charge in [0.1, 0.15) is 19.3 Å². The molecule has 2 N–H and O–H groups in total. The topological polar surface area (TPSA) is 93.1 Å². The first kappa shape index (κ1) is 39.8. The Hall–Kier alpha value is -2.18. The highest BCUT2D eigenvalue weighted by Gasteiger charge is 2.12. The molecule has 0 aromatic heterocycles. The molecule has 0 rings (SSSR count). The van der Waals surface area contributed by atoms with Crippen molar-refractivity contribution in [1.82, 2.24) is 0 Å². The normalized spacial score (nSPS) is 13.5. The number of hydrogen-bond donors (Lipinski definition) is 2. The molecule has 0 fully saturated rings. The summed E-state index contributed by atoms with van der Waals surface area (Å²) < 4.78 is 10.2. The van der Waals surface area contributed by atoms with E-state index in [0.717, 1.165) is 76.5 Å². The minimum atomic E-state index is -0.991. The summed E-state index contributed by atoms with van der Waals surface area (Å²) in [5.74, 6) is 0.170. The lowest BCUT2D eigenvalue weighted by atomic mass is 10.00. The third kappa shape index (κ3) is 30.8. The third-order valence-electron chi connectivity index (χ3n) is 7.16. The van der Waals surface area contributed by atoms with Crippen LogP contribution in [-0.2, 0) is 19.1 Å². The highest BCUT2D eigenvalue weighted by Crippen LogP contribution is 2.14. The van der Waals surface area contributed by atoms with Gasteiger partial charge in [-0.25, -0.2) is 0 Å². The van der Waals surface area contributed by atoms with Gasteiger partial charge in [0.25, 0.3) is 0 Å². The Morgan fingerprint density at radius 2 is 1.07 bits per heavy atom. The minimum absolute atomic E-state index is 0.141. The quantitative estimate of drug-likeness (QED) is 0.0514. The Balaban J connectivity index is 3.60. The first-order valence-corrected chi connectivity index (χ1v) is 16.7. The van der Waals surface area contributed by atoms with Crippen molar-refractivity contribution in [2.24, 2.45) is 5.92 Å². The minimum Gasteiger partial charge on any atom is -0.463 e. The first-order valence-electron chi connectivity index (χ1n) is 16.7. The van der Waals surface area contributed by atoms with Crippen molar-refractivity contribution in [1.29, 1.82) is 0 Å². The molecule has 0 radical (unpaired) electrons. The summed E-state index contributed by atoms with van der Waals surface area (Å²) in [5, 5.41) is 18.7. The van der Waals surface area contributed by atoms with Crippen molar-refractivity contribution in [3.05, 3.63) is 48.6 Å². The lowest BCUT2D eigenvalue weighted by Crippen LogP contribution is -2.25. The van der Waals surface area contributed by atoms with Crippen LogP contribution in [0, 0.1) is 5.92 Å². The molecule has 42 heavy (non-hydrogen) atoms. The molecule has 0 aliphatic heterocycles. The summed E-state index contributed by atoms with van der Waals surface area (Å²) in [6.45, 7) is 4.54. The number of ether oxygens (including phenoxy) is 2. The number of esters is 2. The Morgan fingerprint density at radius 1 is 0.619 bits per heavy atom. The molecule has 0 saturated heterocycles. The van der Waals surface area contributed by atoms with E-state index in [9.17, 15) is 14.7 Å². The van der Waals surface area contributed by atoms with Crippen LogP contribution in [-0.4, -0.2) is 48.1 Å². The lowest BCUT2D eigenvalue weighted by molar-refractivity contribution is -0.152. The van der Waals surface area contributed by atoms with Gasteiger partial charge in [-0.05, 0) is 63.7 Å². The number of hydrogen-bond acceptors (Lipinski definition) is 6. The standard InChI is InChI=1S/C36H62O6/c1-3-33(2)27-23-19-16-17-21-25-29-36(40)42-32-34(38)31-41-35(39)28-24-20-15-13-11-9-7-5-4-6-8-10-12-14-18-22-26-30-37/h4,6-7,9-10,12-13,15,33-34,37-38H,3,5,8,11,14,16-32H2,1-2H3/b6-4-,9-7-,12-10-,15-13-/t33?,34-/m1/s1. The summed E-state index contributed by atoms with van der Waals surface area (Å²) in [6.07, 6.45) is 34.7. The fourth-order valence-electron chi connectivity index (χ4n) is 4.21. The predicted octanol–water partition coefficient (Wildman–Crippen LogP) is 8.72. The van der Waals surface area contributed by atoms with E-state index in [2.05, 4.69) is 62.5 Å². The van der Waals surface area contributed by atoms with Crippen molar-refractivity contribution < 1.29 is 29.3 Å². The molecule has 242 valence electrons. The summed E-state index contributed by atoms with van der Waals surface area (Å²) in [5.41, 5.74) is 0. The molecule has 0 aliphatic rings. The number of aliphatic hydroxyl groups excluding tert-OH is 2. The molecule has 6 heteroatoms. The van der Waals surface area contributed by atoms with Crippen LogP contribution < -0.4 is 0 Å². The van der Waals surface area contributed by atoms with Gasteiger partial charge in [-0.1, -0.05) is 114 Å². The zero-order valence-corrected chi connectivity index (χ0v) is 26.9. The Kier molecular flexibility index (Phi) is 30.1. The average Bonchev–Trinajstić information content (AvgIpc) is 2.99. The van der Waals surface area contributed by atoms with Gasteiger partial charge in [-0.2, -0.15) is 0 Å². The molecule has 6 nitrogen and oxygen atoms in total. The van der Waals surface area contributed by atoms with Crippen molar-refractivity contribution >= 4 is 11.9 Å². The maximum Gasteiger partial charge on any atom is 0.305 e. The number of rotatable bonds is 29. The Bertz CT molecular complexity index is 739. The molecule has 0 bridgehead atoms. The number of allylic oxidation sites excluding steroid dienone is 8. The van der Waals surface area contributed by atoms with Gasteiger partial charge in [0.15, 0.2) is 0 Å². The van der Waals surface area contributed by atoms with Crippen molar-refractivity contribution in [3.63, 3.8) is 0 Å². The average molecular weight is 591 g/mol. The lowest BCUT2D eigenvalue weighted by Gasteiger charge is -2.12. The van der Waals surface area contributed by atoms with Gasteiger partial charge in [0, 0.05) is 19.4 Å². The van der Waals surface area contributed by atoms with Crippen molar-refractivity contribution in [2.45, 2.75) is 142 Å². The third-order valence-corrected chi connectivity index (χ3v) is 7.16. The molecule has 1 unspecified atom stereocenters. The van der Waals surface area contributed by atoms with Crippen LogP contribution in [0.4, 0.5) is 0 Å². The molecule has 0 heterocycles. The monoisotopic (exact) mass is 590 g/mol. The maximum atomic E-state index is 11.9. The van der Waals surface area contributed by atoms with E-state index in [-0.39, 0.29) is 25.2 Å². The first-order chi connectivity index (χ1) is 20.5. The number of unbranched alkanes of at least 4 members (excludes halogenated alkanes) is 9. The highest BCUT2D eigenvalue weighted by molar-refractivity contribution is 5.69. The largest absolute Gasteiger partial charge is 0.463 e. The van der Waals surface area contributed by atoms with Crippen LogP contribution in [0.15, 0.2) is 48.6 Å². The van der Waals surface area contributed by atoms with Crippen LogP contribution in [0.1, 0.15) is 136 Å². The van der Waals surface area contributed by atoms with Gasteiger partial charge in [-0.3, -0.25) is 9.59 Å². The van der Waals surface area contributed by atoms with Gasteiger partial charge in [-0.15, -0.1) is 0 Å². The van der Waals surface area contributed by atoms with E-state index >= 15 is 0 Å². The van der Waals surface area contributed by atoms with Gasteiger partial charge >= 0.3 is 11.9 Å². The Labute approximate surface area is 257 Å². The van der Waals surface area contributed by atoms with Crippen LogP contribution in [0.25, 0.3) is 0 Å². The van der Waals surface area contributed by atoms with E-state index in [1.807, 2.05) is 0 Å². The molecule has 2 atom stereocenters. The van der Waals surface area contributed by atoms with Crippen molar-refractivity contribution in [2.75, 3.05) is 19.8 Å². The molecule has 0 saturated carbocycles. The smallest absolute Gasteiger partial charge is 0.305 e. The predicted molar refractivity (Wildman–Crippen MR) is 174 cm³/mol. The van der Waals surface area contributed by atoms with E-state index in [0.29, 0.717) is 25.9 Å². The molecule has 0 aromatic carbocycles. The second-order valence-corrected chi connectivity index (χ2v) is 11.3. The van der Waals surface area contributed by atoms with Crippen LogP contribution in [0.2, 0.25) is 0 Å². The molecule has 0 amide bonds. The van der Waals surface area contributed by atoms with Gasteiger partial charge in [0.05, 0.1) is 0 Å². The summed E-state index contributed by atoms with van der Waals surface area (Å²) in [7, 11) is 0. The number of carbonyl (C=O) groups excluding carboxylic acids is 2. The fraction of sp³-hybridized carbons (Fsp3) is 0.722. The van der Waals surface area contributed by atoms with Gasteiger partial charge < -0.3 is 19.7 Å². The highest BCUT2D eigenvalue weighted by atomic mass is 16.6. The molecular formula is C36H62O6. The molecule has 0 aromatic rings. The zero-order valence-electron chi connectivity index (χ0n) is 26.9. The van der Waals surface area contributed by atoms with Crippen LogP contribution >= 0.6 is 0 Å². The number of carbonyl (C=O) groups is 2. The van der Waals surface area contributed by atoms with E-state index in [1.54, 1.807) is 0 Å². The summed E-state index contributed by atoms with van der Waals surface area (Å²) >= 11 is 0.